The average molecular weight is 265 g/mol. The van der Waals surface area contributed by atoms with Crippen LogP contribution in [0.5, 0.6) is 0 Å². The van der Waals surface area contributed by atoms with Gasteiger partial charge in [0.15, 0.2) is 11.0 Å². The van der Waals surface area contributed by atoms with Gasteiger partial charge in [-0.25, -0.2) is 4.21 Å². The highest BCUT2D eigenvalue weighted by atomic mass is 32.2. The molecule has 18 heavy (non-hydrogen) atoms. The fraction of sp³-hybridized carbons (Fsp3) is 0.462. The first-order chi connectivity index (χ1) is 8.66. The number of nitrogens with zero attached hydrogens (tertiary/aromatic N) is 2. The summed E-state index contributed by atoms with van der Waals surface area (Å²) >= 11 is 0. The van der Waals surface area contributed by atoms with Crippen molar-refractivity contribution in [2.45, 2.75) is 31.1 Å². The monoisotopic (exact) mass is 265 g/mol. The summed E-state index contributed by atoms with van der Waals surface area (Å²) in [7, 11) is -1.40. The van der Waals surface area contributed by atoms with E-state index in [0.717, 1.165) is 31.5 Å². The maximum atomic E-state index is 12.0. The minimum atomic E-state index is -1.40. The molecule has 1 unspecified atom stereocenters. The van der Waals surface area contributed by atoms with Crippen molar-refractivity contribution in [2.24, 2.45) is 10.1 Å². The lowest BCUT2D eigenvalue weighted by atomic mass is 10.1. The third-order valence-corrected chi connectivity index (χ3v) is 4.11. The Morgan fingerprint density at radius 2 is 1.83 bits per heavy atom. The Labute approximate surface area is 110 Å². The van der Waals surface area contributed by atoms with Crippen LogP contribution < -0.4 is 5.73 Å². The fourth-order valence-electron chi connectivity index (χ4n) is 1.97. The van der Waals surface area contributed by atoms with E-state index in [-0.39, 0.29) is 0 Å². The highest BCUT2D eigenvalue weighted by Crippen LogP contribution is 2.11. The van der Waals surface area contributed by atoms with Crippen LogP contribution in [0.3, 0.4) is 0 Å². The van der Waals surface area contributed by atoms with Crippen LogP contribution in [0.25, 0.3) is 0 Å². The lowest BCUT2D eigenvalue weighted by Gasteiger charge is -2.27. The van der Waals surface area contributed by atoms with E-state index in [4.69, 9.17) is 5.73 Å². The zero-order chi connectivity index (χ0) is 13.0. The van der Waals surface area contributed by atoms with E-state index in [0.29, 0.717) is 10.9 Å². The Kier molecular flexibility index (Phi) is 4.36. The Balaban J connectivity index is 2.06. The number of likely N-dealkylation sites (tertiary alicyclic amines) is 1. The van der Waals surface area contributed by atoms with Crippen molar-refractivity contribution in [1.29, 1.82) is 0 Å². The highest BCUT2D eigenvalue weighted by Gasteiger charge is 2.13. The Morgan fingerprint density at radius 1 is 1.22 bits per heavy atom. The lowest BCUT2D eigenvalue weighted by Crippen LogP contribution is -2.41. The van der Waals surface area contributed by atoms with Gasteiger partial charge in [0, 0.05) is 13.1 Å². The molecule has 1 aromatic carbocycles. The third-order valence-electron chi connectivity index (χ3n) is 3.08. The Bertz CT molecular complexity index is 450. The summed E-state index contributed by atoms with van der Waals surface area (Å²) in [6.45, 7) is 3.83. The molecule has 0 radical (unpaired) electrons. The van der Waals surface area contributed by atoms with Crippen molar-refractivity contribution in [3.63, 3.8) is 0 Å². The lowest BCUT2D eigenvalue weighted by molar-refractivity contribution is 0.339. The van der Waals surface area contributed by atoms with E-state index in [2.05, 4.69) is 4.40 Å². The number of hydrogen-bond acceptors (Lipinski definition) is 1. The number of guanidine groups is 1. The fourth-order valence-corrected chi connectivity index (χ4v) is 2.73. The van der Waals surface area contributed by atoms with Gasteiger partial charge in [0.05, 0.1) is 4.90 Å². The molecule has 98 valence electrons. The zero-order valence-corrected chi connectivity index (χ0v) is 11.4. The predicted molar refractivity (Wildman–Crippen MR) is 74.6 cm³/mol. The molecule has 1 fully saturated rings. The molecule has 1 atom stereocenters. The molecule has 1 saturated heterocycles. The van der Waals surface area contributed by atoms with E-state index >= 15 is 0 Å². The van der Waals surface area contributed by atoms with Crippen LogP contribution in [0.2, 0.25) is 0 Å². The van der Waals surface area contributed by atoms with Crippen LogP contribution in [0, 0.1) is 6.92 Å². The van der Waals surface area contributed by atoms with Gasteiger partial charge in [-0.05, 0) is 38.3 Å². The molecular weight excluding hydrogens is 246 g/mol. The van der Waals surface area contributed by atoms with Gasteiger partial charge in [0.1, 0.15) is 0 Å². The maximum absolute atomic E-state index is 12.0. The number of nitrogens with two attached hydrogens (primary N) is 1. The van der Waals surface area contributed by atoms with Crippen LogP contribution in [0.4, 0.5) is 0 Å². The number of benzene rings is 1. The molecule has 0 amide bonds. The average Bonchev–Trinajstić information content (AvgIpc) is 2.40. The highest BCUT2D eigenvalue weighted by molar-refractivity contribution is 7.83. The van der Waals surface area contributed by atoms with E-state index in [1.54, 1.807) is 0 Å². The van der Waals surface area contributed by atoms with Crippen LogP contribution in [-0.2, 0) is 11.0 Å². The smallest absolute Gasteiger partial charge is 0.205 e. The summed E-state index contributed by atoms with van der Waals surface area (Å²) in [4.78, 5) is 2.70. The summed E-state index contributed by atoms with van der Waals surface area (Å²) in [6.07, 6.45) is 3.51. The van der Waals surface area contributed by atoms with E-state index in [1.165, 1.54) is 6.42 Å². The molecule has 0 bridgehead atoms. The number of piperidine rings is 1. The van der Waals surface area contributed by atoms with Gasteiger partial charge < -0.3 is 10.6 Å². The Hall–Kier alpha value is -1.36. The van der Waals surface area contributed by atoms with Crippen molar-refractivity contribution in [3.05, 3.63) is 29.8 Å². The minimum Gasteiger partial charge on any atom is -0.369 e. The molecular formula is C13H19N3OS. The molecule has 2 N–H and O–H groups in total. The zero-order valence-electron chi connectivity index (χ0n) is 10.6. The van der Waals surface area contributed by atoms with Crippen molar-refractivity contribution < 1.29 is 4.21 Å². The van der Waals surface area contributed by atoms with Gasteiger partial charge in [-0.15, -0.1) is 4.40 Å². The van der Waals surface area contributed by atoms with E-state index < -0.39 is 11.0 Å². The second-order valence-corrected chi connectivity index (χ2v) is 5.71. The Morgan fingerprint density at radius 3 is 2.44 bits per heavy atom. The van der Waals surface area contributed by atoms with Crippen molar-refractivity contribution in [1.82, 2.24) is 4.90 Å². The van der Waals surface area contributed by atoms with Crippen LogP contribution in [-0.4, -0.2) is 28.2 Å². The molecule has 1 aromatic rings. The number of rotatable bonds is 2. The quantitative estimate of drug-likeness (QED) is 0.655. The first kappa shape index (κ1) is 13.1. The second-order valence-electron chi connectivity index (χ2n) is 4.56. The summed E-state index contributed by atoms with van der Waals surface area (Å²) in [5.41, 5.74) is 7.04. The maximum Gasteiger partial charge on any atom is 0.205 e. The van der Waals surface area contributed by atoms with Crippen molar-refractivity contribution >= 4 is 16.9 Å². The first-order valence-corrected chi connectivity index (χ1v) is 7.35. The number of hydrogen-bond donors (Lipinski definition) is 1. The summed E-state index contributed by atoms with van der Waals surface area (Å²) in [5, 5.41) is 0. The van der Waals surface area contributed by atoms with Crippen LogP contribution in [0.15, 0.2) is 33.6 Å². The van der Waals surface area contributed by atoms with Crippen LogP contribution >= 0.6 is 0 Å². The molecule has 4 nitrogen and oxygen atoms in total. The summed E-state index contributed by atoms with van der Waals surface area (Å²) in [5.74, 6) is 0.397. The predicted octanol–water partition coefficient (Wildman–Crippen LogP) is 1.82. The van der Waals surface area contributed by atoms with Gasteiger partial charge in [-0.1, -0.05) is 17.7 Å². The second kappa shape index (κ2) is 6.00. The normalized spacial score (nSPS) is 18.7. The van der Waals surface area contributed by atoms with Gasteiger partial charge >= 0.3 is 0 Å². The van der Waals surface area contributed by atoms with Gasteiger partial charge in [-0.2, -0.15) is 0 Å². The number of aryl methyl sites for hydroxylation is 1. The molecule has 0 saturated carbocycles. The summed E-state index contributed by atoms with van der Waals surface area (Å²) in [6, 6.07) is 7.52. The molecule has 0 spiro atoms. The molecule has 1 aliphatic rings. The topological polar surface area (TPSA) is 58.7 Å². The SMILES string of the molecule is Cc1ccc(S(=O)/N=C(\N)N2CCCCC2)cc1. The third kappa shape index (κ3) is 3.32. The van der Waals surface area contributed by atoms with E-state index in [9.17, 15) is 4.21 Å². The molecule has 2 rings (SSSR count). The molecule has 0 aromatic heterocycles. The van der Waals surface area contributed by atoms with Crippen LogP contribution in [0.1, 0.15) is 24.8 Å². The largest absolute Gasteiger partial charge is 0.369 e. The van der Waals surface area contributed by atoms with Gasteiger partial charge in [0.25, 0.3) is 0 Å². The standard InChI is InChI=1S/C13H19N3OS/c1-11-5-7-12(8-6-11)18(17)15-13(14)16-9-3-2-4-10-16/h5-8H,2-4,9-10H2,1H3,(H2,14,15). The first-order valence-electron chi connectivity index (χ1n) is 6.24. The summed E-state index contributed by atoms with van der Waals surface area (Å²) < 4.78 is 16.1. The minimum absolute atomic E-state index is 0.397. The molecule has 5 heteroatoms. The van der Waals surface area contributed by atoms with Crippen molar-refractivity contribution in [3.8, 4) is 0 Å². The molecule has 1 aliphatic heterocycles. The molecule has 1 heterocycles. The molecule has 0 aliphatic carbocycles. The van der Waals surface area contributed by atoms with Crippen molar-refractivity contribution in [2.75, 3.05) is 13.1 Å². The van der Waals surface area contributed by atoms with Gasteiger partial charge in [-0.3, -0.25) is 0 Å². The van der Waals surface area contributed by atoms with Gasteiger partial charge in [0.2, 0.25) is 5.96 Å². The van der Waals surface area contributed by atoms with E-state index in [1.807, 2.05) is 36.1 Å².